The summed E-state index contributed by atoms with van der Waals surface area (Å²) in [6.45, 7) is 0. The zero-order valence-corrected chi connectivity index (χ0v) is 4.89. The smallest absolute Gasteiger partial charge is 0.101 e. The first-order valence-electron chi connectivity index (χ1n) is 2.16. The van der Waals surface area contributed by atoms with Gasteiger partial charge in [0.25, 0.3) is 0 Å². The highest BCUT2D eigenvalue weighted by molar-refractivity contribution is 7.71. The predicted octanol–water partition coefficient (Wildman–Crippen LogP) is 2.20. The second-order valence-electron chi connectivity index (χ2n) is 1.36. The number of hydrogen-bond acceptors (Lipinski definition) is 2. The zero-order chi connectivity index (χ0) is 5.98. The van der Waals surface area contributed by atoms with Crippen molar-refractivity contribution in [2.45, 2.75) is 7.43 Å². The molecule has 0 spiro atoms. The van der Waals surface area contributed by atoms with E-state index in [4.69, 9.17) is 0 Å². The molecule has 0 saturated carbocycles. The third-order valence-electron chi connectivity index (χ3n) is 0.789. The summed E-state index contributed by atoms with van der Waals surface area (Å²) < 4.78 is 0.961. The summed E-state index contributed by atoms with van der Waals surface area (Å²) in [6, 6.07) is 4.96. The molecule has 0 unspecified atom stereocenters. The standard InChI is InChI=1S/C5H4NOS.CH4/c7-6-4-2-1-3-5(6)8;/h1-4H;1H4/q-1;. The Balaban J connectivity index is 0.000000640. The lowest BCUT2D eigenvalue weighted by atomic mass is 10.5. The average Bonchev–Trinajstić information content (AvgIpc) is 1.77. The van der Waals surface area contributed by atoms with Crippen LogP contribution in [0.2, 0.25) is 0 Å². The molecule has 1 aromatic heterocycles. The van der Waals surface area contributed by atoms with Crippen molar-refractivity contribution in [3.8, 4) is 0 Å². The lowest BCUT2D eigenvalue weighted by Crippen LogP contribution is -1.84. The fourth-order valence-corrected chi connectivity index (χ4v) is 0.552. The van der Waals surface area contributed by atoms with Crippen LogP contribution >= 0.6 is 12.2 Å². The van der Waals surface area contributed by atoms with Crippen molar-refractivity contribution in [3.63, 3.8) is 0 Å². The second kappa shape index (κ2) is 3.25. The maximum Gasteiger partial charge on any atom is 0.101 e. The average molecular weight is 142 g/mol. The third kappa shape index (κ3) is 1.85. The molecule has 2 nitrogen and oxygen atoms in total. The van der Waals surface area contributed by atoms with Crippen molar-refractivity contribution in [2.24, 2.45) is 0 Å². The highest BCUT2D eigenvalue weighted by atomic mass is 32.1. The number of rotatable bonds is 0. The molecular formula is C6H8NOS-. The first kappa shape index (κ1) is 8.17. The van der Waals surface area contributed by atoms with Gasteiger partial charge < -0.3 is 9.94 Å². The summed E-state index contributed by atoms with van der Waals surface area (Å²) in [7, 11) is 0. The second-order valence-corrected chi connectivity index (χ2v) is 1.78. The summed E-state index contributed by atoms with van der Waals surface area (Å²) in [6.07, 6.45) is 1.38. The quantitative estimate of drug-likeness (QED) is 0.519. The van der Waals surface area contributed by atoms with Gasteiger partial charge in [-0.15, -0.1) is 0 Å². The van der Waals surface area contributed by atoms with Gasteiger partial charge in [-0.05, 0) is 18.3 Å². The highest BCUT2D eigenvalue weighted by Gasteiger charge is 1.71. The molecule has 0 radical (unpaired) electrons. The van der Waals surface area contributed by atoms with E-state index in [0.29, 0.717) is 9.37 Å². The predicted molar refractivity (Wildman–Crippen MR) is 40.8 cm³/mol. The van der Waals surface area contributed by atoms with Gasteiger partial charge in [0.1, 0.15) is 4.64 Å². The molecule has 9 heavy (non-hydrogen) atoms. The molecule has 0 aromatic carbocycles. The van der Waals surface area contributed by atoms with E-state index < -0.39 is 0 Å². The van der Waals surface area contributed by atoms with Crippen molar-refractivity contribution in [1.29, 1.82) is 0 Å². The van der Waals surface area contributed by atoms with E-state index in [9.17, 15) is 5.21 Å². The topological polar surface area (TPSA) is 28.0 Å². The van der Waals surface area contributed by atoms with Gasteiger partial charge in [-0.1, -0.05) is 25.7 Å². The summed E-state index contributed by atoms with van der Waals surface area (Å²) in [5.74, 6) is 0. The molecule has 3 heteroatoms. The third-order valence-corrected chi connectivity index (χ3v) is 1.10. The van der Waals surface area contributed by atoms with E-state index >= 15 is 0 Å². The Bertz CT molecular complexity index is 230. The fourth-order valence-electron chi connectivity index (χ4n) is 0.413. The van der Waals surface area contributed by atoms with Gasteiger partial charge >= 0.3 is 0 Å². The SMILES string of the molecule is C.[O-]n1ccccc1=S. The Labute approximate surface area is 59.3 Å². The minimum Gasteiger partial charge on any atom is -0.805 e. The van der Waals surface area contributed by atoms with Crippen LogP contribution in [-0.4, -0.2) is 4.73 Å². The monoisotopic (exact) mass is 142 g/mol. The van der Waals surface area contributed by atoms with Gasteiger partial charge in [0.15, 0.2) is 0 Å². The molecule has 50 valence electrons. The summed E-state index contributed by atoms with van der Waals surface area (Å²) in [5.41, 5.74) is 0. The Morgan fingerprint density at radius 3 is 2.44 bits per heavy atom. The molecule has 0 bridgehead atoms. The summed E-state index contributed by atoms with van der Waals surface area (Å²) in [5, 5.41) is 10.4. The first-order chi connectivity index (χ1) is 3.80. The molecule has 0 N–H and O–H groups in total. The Morgan fingerprint density at radius 2 is 2.11 bits per heavy atom. The van der Waals surface area contributed by atoms with E-state index in [1.165, 1.54) is 6.20 Å². The lowest BCUT2D eigenvalue weighted by molar-refractivity contribution is 1.04. The van der Waals surface area contributed by atoms with E-state index in [2.05, 4.69) is 12.2 Å². The van der Waals surface area contributed by atoms with Crippen molar-refractivity contribution >= 4 is 12.2 Å². The van der Waals surface area contributed by atoms with Gasteiger partial charge in [-0.25, -0.2) is 0 Å². The zero-order valence-electron chi connectivity index (χ0n) is 4.07. The fraction of sp³-hybridized carbons (Fsp3) is 0.167. The van der Waals surface area contributed by atoms with Gasteiger partial charge in [-0.3, -0.25) is 0 Å². The van der Waals surface area contributed by atoms with Crippen LogP contribution in [0.15, 0.2) is 24.4 Å². The highest BCUT2D eigenvalue weighted by Crippen LogP contribution is 1.87. The van der Waals surface area contributed by atoms with Crippen LogP contribution in [0.5, 0.6) is 0 Å². The molecule has 0 fully saturated rings. The van der Waals surface area contributed by atoms with Gasteiger partial charge in [0.05, 0.1) is 0 Å². The lowest BCUT2D eigenvalue weighted by Gasteiger charge is -2.06. The summed E-state index contributed by atoms with van der Waals surface area (Å²) >= 11 is 4.60. The number of pyridine rings is 1. The van der Waals surface area contributed by atoms with Crippen LogP contribution in [0.25, 0.3) is 0 Å². The molecule has 1 rings (SSSR count). The first-order valence-corrected chi connectivity index (χ1v) is 2.57. The van der Waals surface area contributed by atoms with Gasteiger partial charge in [-0.2, -0.15) is 0 Å². The van der Waals surface area contributed by atoms with Crippen LogP contribution in [0.3, 0.4) is 0 Å². The van der Waals surface area contributed by atoms with Gasteiger partial charge in [0, 0.05) is 0 Å². The van der Waals surface area contributed by atoms with Crippen LogP contribution in [0.4, 0.5) is 0 Å². The van der Waals surface area contributed by atoms with Crippen molar-refractivity contribution in [2.75, 3.05) is 0 Å². The molecule has 0 aliphatic carbocycles. The molecule has 0 aliphatic heterocycles. The Morgan fingerprint density at radius 1 is 1.44 bits per heavy atom. The molecule has 0 atom stereocenters. The van der Waals surface area contributed by atoms with Crippen LogP contribution in [0.1, 0.15) is 7.43 Å². The molecule has 0 amide bonds. The Kier molecular flexibility index (Phi) is 2.95. The molecule has 0 saturated heterocycles. The minimum absolute atomic E-state index is 0. The van der Waals surface area contributed by atoms with Crippen molar-refractivity contribution in [3.05, 3.63) is 34.2 Å². The molecule has 1 aromatic rings. The number of nitrogens with zero attached hydrogens (tertiary/aromatic N) is 1. The maximum absolute atomic E-state index is 10.4. The van der Waals surface area contributed by atoms with Crippen LogP contribution < -0.4 is 0 Å². The summed E-state index contributed by atoms with van der Waals surface area (Å²) in [4.78, 5) is 0. The van der Waals surface area contributed by atoms with Crippen molar-refractivity contribution < 1.29 is 0 Å². The molecule has 1 heterocycles. The van der Waals surface area contributed by atoms with E-state index in [0.717, 1.165) is 0 Å². The van der Waals surface area contributed by atoms with E-state index in [1.807, 2.05) is 0 Å². The molecular weight excluding hydrogens is 134 g/mol. The number of hydrogen-bond donors (Lipinski definition) is 0. The van der Waals surface area contributed by atoms with Crippen LogP contribution in [-0.2, 0) is 0 Å². The largest absolute Gasteiger partial charge is 0.805 e. The van der Waals surface area contributed by atoms with E-state index in [-0.39, 0.29) is 7.43 Å². The Hall–Kier alpha value is -0.830. The molecule has 0 aliphatic rings. The maximum atomic E-state index is 10.4. The normalized spacial score (nSPS) is 8.00. The van der Waals surface area contributed by atoms with E-state index in [1.54, 1.807) is 18.2 Å². The minimum atomic E-state index is 0. The van der Waals surface area contributed by atoms with Crippen LogP contribution in [0, 0.1) is 9.85 Å². The van der Waals surface area contributed by atoms with Crippen molar-refractivity contribution in [1.82, 2.24) is 4.73 Å². The van der Waals surface area contributed by atoms with Gasteiger partial charge in [0.2, 0.25) is 0 Å². The number of aromatic nitrogens is 1.